The molecule has 4 atom stereocenters. The second kappa shape index (κ2) is 4.67. The van der Waals surface area contributed by atoms with Crippen LogP contribution >= 0.6 is 0 Å². The number of rotatable bonds is 2. The maximum absolute atomic E-state index is 9.97. The van der Waals surface area contributed by atoms with Crippen LogP contribution in [0, 0.1) is 17.8 Å². The lowest BCUT2D eigenvalue weighted by Gasteiger charge is -2.42. The quantitative estimate of drug-likeness (QED) is 0.685. The van der Waals surface area contributed by atoms with Crippen LogP contribution in [0.5, 0.6) is 0 Å². The Labute approximate surface area is 92.0 Å². The fraction of sp³-hybridized carbons (Fsp3) is 0.846. The Kier molecular flexibility index (Phi) is 3.47. The Morgan fingerprint density at radius 1 is 1.33 bits per heavy atom. The molecule has 0 aliphatic heterocycles. The van der Waals surface area contributed by atoms with Crippen molar-refractivity contribution in [2.75, 3.05) is 6.61 Å². The van der Waals surface area contributed by atoms with Crippen LogP contribution in [0.3, 0.4) is 0 Å². The third-order valence-electron chi connectivity index (χ3n) is 4.28. The van der Waals surface area contributed by atoms with Gasteiger partial charge in [-0.05, 0) is 31.1 Å². The summed E-state index contributed by atoms with van der Waals surface area (Å²) in [5.41, 5.74) is 1.46. The molecule has 0 amide bonds. The molecule has 15 heavy (non-hydrogen) atoms. The van der Waals surface area contributed by atoms with Gasteiger partial charge in [-0.3, -0.25) is 0 Å². The molecule has 0 aromatic rings. The summed E-state index contributed by atoms with van der Waals surface area (Å²) in [4.78, 5) is 0. The zero-order chi connectivity index (χ0) is 10.8. The third kappa shape index (κ3) is 1.98. The Bertz CT molecular complexity index is 247. The van der Waals surface area contributed by atoms with Gasteiger partial charge in [-0.2, -0.15) is 0 Å². The predicted molar refractivity (Wildman–Crippen MR) is 60.4 cm³/mol. The van der Waals surface area contributed by atoms with E-state index in [9.17, 15) is 10.2 Å². The van der Waals surface area contributed by atoms with E-state index in [1.807, 2.05) is 6.08 Å². The Morgan fingerprint density at radius 3 is 2.80 bits per heavy atom. The van der Waals surface area contributed by atoms with Crippen molar-refractivity contribution < 1.29 is 10.2 Å². The van der Waals surface area contributed by atoms with Crippen molar-refractivity contribution >= 4 is 0 Å². The molecule has 86 valence electrons. The molecule has 2 rings (SSSR count). The maximum atomic E-state index is 9.97. The number of allylic oxidation sites excluding steroid dienone is 1. The second-order valence-electron chi connectivity index (χ2n) is 5.00. The van der Waals surface area contributed by atoms with Gasteiger partial charge in [0.1, 0.15) is 0 Å². The van der Waals surface area contributed by atoms with Crippen molar-refractivity contribution in [1.82, 2.24) is 0 Å². The summed E-state index contributed by atoms with van der Waals surface area (Å²) >= 11 is 0. The minimum atomic E-state index is -0.413. The number of aliphatic hydroxyl groups is 2. The average Bonchev–Trinajstić information content (AvgIpc) is 2.27. The highest BCUT2D eigenvalue weighted by Gasteiger charge is 2.38. The normalized spacial score (nSPS) is 40.9. The summed E-state index contributed by atoms with van der Waals surface area (Å²) < 4.78 is 0. The lowest BCUT2D eigenvalue weighted by molar-refractivity contribution is 0.0262. The highest BCUT2D eigenvalue weighted by molar-refractivity contribution is 5.18. The molecule has 2 N–H and O–H groups in total. The van der Waals surface area contributed by atoms with Gasteiger partial charge < -0.3 is 10.2 Å². The molecule has 1 fully saturated rings. The minimum absolute atomic E-state index is 0.0712. The molecule has 0 spiro atoms. The van der Waals surface area contributed by atoms with Crippen LogP contribution in [0.4, 0.5) is 0 Å². The summed E-state index contributed by atoms with van der Waals surface area (Å²) in [5.74, 6) is 1.21. The summed E-state index contributed by atoms with van der Waals surface area (Å²) in [6.07, 6.45) is 7.69. The van der Waals surface area contributed by atoms with E-state index >= 15 is 0 Å². The van der Waals surface area contributed by atoms with Gasteiger partial charge in [0.15, 0.2) is 0 Å². The van der Waals surface area contributed by atoms with Crippen molar-refractivity contribution in [1.29, 1.82) is 0 Å². The number of hydrogen-bond donors (Lipinski definition) is 2. The smallest absolute Gasteiger partial charge is 0.0776 e. The standard InChI is InChI=1S/C13H22O2/c1-2-10-11-6-4-3-5-9(11)7-13(15)12(10)8-14/h7,10-15H,2-6,8H2,1H3/t10?,11-,12-,13+/m0/s1. The molecule has 2 aliphatic rings. The largest absolute Gasteiger partial charge is 0.396 e. The molecular formula is C13H22O2. The van der Waals surface area contributed by atoms with E-state index in [-0.39, 0.29) is 12.5 Å². The second-order valence-corrected chi connectivity index (χ2v) is 5.00. The molecular weight excluding hydrogens is 188 g/mol. The summed E-state index contributed by atoms with van der Waals surface area (Å²) in [5, 5.41) is 19.3. The number of fused-ring (bicyclic) bond motifs is 1. The molecule has 0 radical (unpaired) electrons. The lowest BCUT2D eigenvalue weighted by atomic mass is 9.65. The van der Waals surface area contributed by atoms with Gasteiger partial charge in [-0.15, -0.1) is 0 Å². The zero-order valence-corrected chi connectivity index (χ0v) is 9.52. The predicted octanol–water partition coefficient (Wildman–Crippen LogP) is 2.11. The monoisotopic (exact) mass is 210 g/mol. The molecule has 0 aromatic heterocycles. The minimum Gasteiger partial charge on any atom is -0.396 e. The fourth-order valence-electron chi connectivity index (χ4n) is 3.49. The summed E-state index contributed by atoms with van der Waals surface area (Å²) in [6, 6.07) is 0. The van der Waals surface area contributed by atoms with Crippen molar-refractivity contribution in [3.63, 3.8) is 0 Å². The van der Waals surface area contributed by atoms with Crippen LogP contribution in [-0.4, -0.2) is 22.9 Å². The Morgan fingerprint density at radius 2 is 2.13 bits per heavy atom. The van der Waals surface area contributed by atoms with E-state index in [1.165, 1.54) is 24.8 Å². The van der Waals surface area contributed by atoms with Gasteiger partial charge in [-0.1, -0.05) is 31.4 Å². The van der Waals surface area contributed by atoms with Crippen molar-refractivity contribution in [3.05, 3.63) is 11.6 Å². The molecule has 1 saturated carbocycles. The molecule has 0 aromatic carbocycles. The van der Waals surface area contributed by atoms with Gasteiger partial charge in [0.05, 0.1) is 6.10 Å². The SMILES string of the molecule is CCC1[C@H]2CCCCC2=C[C@@H](O)[C@H]1CO. The molecule has 0 bridgehead atoms. The van der Waals surface area contributed by atoms with E-state index < -0.39 is 6.10 Å². The van der Waals surface area contributed by atoms with Crippen LogP contribution in [0.1, 0.15) is 39.0 Å². The van der Waals surface area contributed by atoms with Gasteiger partial charge in [0.2, 0.25) is 0 Å². The molecule has 2 heteroatoms. The highest BCUT2D eigenvalue weighted by atomic mass is 16.3. The van der Waals surface area contributed by atoms with Gasteiger partial charge in [-0.25, -0.2) is 0 Å². The Balaban J connectivity index is 2.23. The molecule has 2 aliphatic carbocycles. The average molecular weight is 210 g/mol. The number of aliphatic hydroxyl groups excluding tert-OH is 2. The zero-order valence-electron chi connectivity index (χ0n) is 9.52. The first-order chi connectivity index (χ1) is 7.27. The van der Waals surface area contributed by atoms with Gasteiger partial charge >= 0.3 is 0 Å². The highest BCUT2D eigenvalue weighted by Crippen LogP contribution is 2.44. The molecule has 0 heterocycles. The third-order valence-corrected chi connectivity index (χ3v) is 4.28. The van der Waals surface area contributed by atoms with E-state index in [4.69, 9.17) is 0 Å². The van der Waals surface area contributed by atoms with E-state index in [0.29, 0.717) is 11.8 Å². The van der Waals surface area contributed by atoms with Crippen LogP contribution in [-0.2, 0) is 0 Å². The summed E-state index contributed by atoms with van der Waals surface area (Å²) in [7, 11) is 0. The van der Waals surface area contributed by atoms with E-state index in [2.05, 4.69) is 6.92 Å². The van der Waals surface area contributed by atoms with Crippen molar-refractivity contribution in [2.24, 2.45) is 17.8 Å². The lowest BCUT2D eigenvalue weighted by Crippen LogP contribution is -2.39. The first-order valence-corrected chi connectivity index (χ1v) is 6.27. The van der Waals surface area contributed by atoms with Crippen molar-refractivity contribution in [2.45, 2.75) is 45.1 Å². The topological polar surface area (TPSA) is 40.5 Å². The number of hydrogen-bond acceptors (Lipinski definition) is 2. The van der Waals surface area contributed by atoms with Crippen LogP contribution in [0.2, 0.25) is 0 Å². The maximum Gasteiger partial charge on any atom is 0.0776 e. The van der Waals surface area contributed by atoms with Crippen LogP contribution in [0.15, 0.2) is 11.6 Å². The molecule has 0 saturated heterocycles. The fourth-order valence-corrected chi connectivity index (χ4v) is 3.49. The first kappa shape index (κ1) is 11.2. The molecule has 2 nitrogen and oxygen atoms in total. The van der Waals surface area contributed by atoms with Crippen LogP contribution in [0.25, 0.3) is 0 Å². The van der Waals surface area contributed by atoms with Crippen LogP contribution < -0.4 is 0 Å². The van der Waals surface area contributed by atoms with Gasteiger partial charge in [0.25, 0.3) is 0 Å². The summed E-state index contributed by atoms with van der Waals surface area (Å²) in [6.45, 7) is 2.30. The molecule has 1 unspecified atom stereocenters. The first-order valence-electron chi connectivity index (χ1n) is 6.27. The Hall–Kier alpha value is -0.340. The van der Waals surface area contributed by atoms with Crippen molar-refractivity contribution in [3.8, 4) is 0 Å². The van der Waals surface area contributed by atoms with E-state index in [0.717, 1.165) is 12.8 Å². The van der Waals surface area contributed by atoms with Gasteiger partial charge in [0, 0.05) is 12.5 Å². The van der Waals surface area contributed by atoms with E-state index in [1.54, 1.807) is 0 Å².